The van der Waals surface area contributed by atoms with Crippen LogP contribution in [0.3, 0.4) is 0 Å². The SMILES string of the molecule is CC1OC(CO)C(I)C(O)C1O. The molecule has 0 aliphatic carbocycles. The summed E-state index contributed by atoms with van der Waals surface area (Å²) in [7, 11) is 0. The first kappa shape index (κ1) is 10.6. The van der Waals surface area contributed by atoms with E-state index >= 15 is 0 Å². The summed E-state index contributed by atoms with van der Waals surface area (Å²) < 4.78 is 5.01. The first-order valence-corrected chi connectivity index (χ1v) is 5.09. The van der Waals surface area contributed by atoms with Gasteiger partial charge in [-0.25, -0.2) is 0 Å². The molecule has 12 heavy (non-hydrogen) atoms. The van der Waals surface area contributed by atoms with Crippen molar-refractivity contribution in [1.82, 2.24) is 0 Å². The van der Waals surface area contributed by atoms with Crippen molar-refractivity contribution < 1.29 is 20.1 Å². The highest BCUT2D eigenvalue weighted by Crippen LogP contribution is 2.26. The minimum Gasteiger partial charge on any atom is -0.394 e. The van der Waals surface area contributed by atoms with Crippen LogP contribution in [-0.2, 0) is 4.74 Å². The van der Waals surface area contributed by atoms with Crippen molar-refractivity contribution in [2.75, 3.05) is 6.61 Å². The Morgan fingerprint density at radius 3 is 2.42 bits per heavy atom. The number of hydrogen-bond acceptors (Lipinski definition) is 4. The Morgan fingerprint density at radius 2 is 1.92 bits per heavy atom. The molecule has 0 aromatic heterocycles. The zero-order chi connectivity index (χ0) is 9.30. The number of hydrogen-bond donors (Lipinski definition) is 3. The molecule has 1 saturated heterocycles. The van der Waals surface area contributed by atoms with Crippen LogP contribution in [0.25, 0.3) is 0 Å². The molecular weight excluding hydrogens is 275 g/mol. The second kappa shape index (κ2) is 4.19. The van der Waals surface area contributed by atoms with Gasteiger partial charge in [0.15, 0.2) is 0 Å². The van der Waals surface area contributed by atoms with Gasteiger partial charge in [0.2, 0.25) is 0 Å². The summed E-state index contributed by atoms with van der Waals surface area (Å²) >= 11 is 1.98. The van der Waals surface area contributed by atoms with E-state index in [9.17, 15) is 10.2 Å². The first-order chi connectivity index (χ1) is 5.57. The lowest BCUT2D eigenvalue weighted by Crippen LogP contribution is -2.55. The molecule has 0 bridgehead atoms. The topological polar surface area (TPSA) is 69.9 Å². The molecule has 5 heteroatoms. The highest BCUT2D eigenvalue weighted by atomic mass is 127. The van der Waals surface area contributed by atoms with Crippen molar-refractivity contribution in [2.45, 2.75) is 35.3 Å². The Kier molecular flexibility index (Phi) is 3.72. The Labute approximate surface area is 84.7 Å². The molecule has 1 rings (SSSR count). The van der Waals surface area contributed by atoms with Crippen LogP contribution in [0, 0.1) is 0 Å². The van der Waals surface area contributed by atoms with Gasteiger partial charge in [0.25, 0.3) is 0 Å². The van der Waals surface area contributed by atoms with E-state index < -0.39 is 18.3 Å². The zero-order valence-corrected chi connectivity index (χ0v) is 8.88. The molecule has 0 spiro atoms. The third-order valence-corrected chi connectivity index (χ3v) is 3.62. The van der Waals surface area contributed by atoms with Gasteiger partial charge >= 0.3 is 0 Å². The van der Waals surface area contributed by atoms with Crippen LogP contribution in [0.5, 0.6) is 0 Å². The number of aliphatic hydroxyl groups excluding tert-OH is 3. The first-order valence-electron chi connectivity index (χ1n) is 3.84. The lowest BCUT2D eigenvalue weighted by Gasteiger charge is -2.38. The predicted molar refractivity (Wildman–Crippen MR) is 51.2 cm³/mol. The van der Waals surface area contributed by atoms with Crippen molar-refractivity contribution in [2.24, 2.45) is 0 Å². The summed E-state index contributed by atoms with van der Waals surface area (Å²) in [6, 6.07) is 0. The summed E-state index contributed by atoms with van der Waals surface area (Å²) in [5.41, 5.74) is 0. The normalized spacial score (nSPS) is 49.2. The fourth-order valence-electron chi connectivity index (χ4n) is 1.26. The standard InChI is InChI=1S/C7H13IO4/c1-3-6(10)7(11)5(8)4(2-9)12-3/h3-7,9-11H,2H2,1H3. The average Bonchev–Trinajstić information content (AvgIpc) is 2.08. The Hall–Kier alpha value is 0.570. The number of halogens is 1. The van der Waals surface area contributed by atoms with Crippen molar-refractivity contribution in [3.8, 4) is 0 Å². The number of rotatable bonds is 1. The molecular formula is C7H13IO4. The third-order valence-electron chi connectivity index (χ3n) is 2.08. The van der Waals surface area contributed by atoms with Crippen molar-refractivity contribution in [3.63, 3.8) is 0 Å². The second-order valence-electron chi connectivity index (χ2n) is 2.99. The van der Waals surface area contributed by atoms with E-state index in [1.165, 1.54) is 0 Å². The Balaban J connectivity index is 2.63. The van der Waals surface area contributed by atoms with Gasteiger partial charge < -0.3 is 20.1 Å². The molecule has 1 heterocycles. The van der Waals surface area contributed by atoms with Gasteiger partial charge in [0.1, 0.15) is 6.10 Å². The third kappa shape index (κ3) is 1.90. The van der Waals surface area contributed by atoms with Crippen LogP contribution in [0.2, 0.25) is 0 Å². The second-order valence-corrected chi connectivity index (χ2v) is 4.43. The van der Waals surface area contributed by atoms with E-state index in [0.29, 0.717) is 0 Å². The van der Waals surface area contributed by atoms with Gasteiger partial charge in [-0.15, -0.1) is 0 Å². The van der Waals surface area contributed by atoms with Gasteiger partial charge in [0, 0.05) is 0 Å². The fourth-order valence-corrected chi connectivity index (χ4v) is 2.08. The molecule has 0 aromatic rings. The molecule has 0 aromatic carbocycles. The van der Waals surface area contributed by atoms with Crippen LogP contribution in [0.15, 0.2) is 0 Å². The lowest BCUT2D eigenvalue weighted by molar-refractivity contribution is -0.162. The maximum Gasteiger partial charge on any atom is 0.107 e. The largest absolute Gasteiger partial charge is 0.394 e. The minimum absolute atomic E-state index is 0.123. The van der Waals surface area contributed by atoms with E-state index in [1.807, 2.05) is 22.6 Å². The van der Waals surface area contributed by atoms with Gasteiger partial charge in [-0.05, 0) is 6.92 Å². The molecule has 1 aliphatic rings. The van der Waals surface area contributed by atoms with E-state index in [1.54, 1.807) is 6.92 Å². The maximum absolute atomic E-state index is 9.47. The summed E-state index contributed by atoms with van der Waals surface area (Å²) in [6.07, 6.45) is -2.46. The monoisotopic (exact) mass is 288 g/mol. The van der Waals surface area contributed by atoms with Gasteiger partial charge in [-0.2, -0.15) is 0 Å². The van der Waals surface area contributed by atoms with E-state index in [-0.39, 0.29) is 16.6 Å². The predicted octanol–water partition coefficient (Wildman–Crippen LogP) is -0.709. The van der Waals surface area contributed by atoms with Crippen LogP contribution in [0.4, 0.5) is 0 Å². The molecule has 4 nitrogen and oxygen atoms in total. The highest BCUT2D eigenvalue weighted by Gasteiger charge is 2.40. The van der Waals surface area contributed by atoms with Crippen molar-refractivity contribution in [3.05, 3.63) is 0 Å². The fraction of sp³-hybridized carbons (Fsp3) is 1.00. The van der Waals surface area contributed by atoms with Gasteiger partial charge in [-0.3, -0.25) is 0 Å². The number of ether oxygens (including phenoxy) is 1. The smallest absolute Gasteiger partial charge is 0.107 e. The quantitative estimate of drug-likeness (QED) is 0.440. The average molecular weight is 288 g/mol. The molecule has 1 fully saturated rings. The van der Waals surface area contributed by atoms with E-state index in [2.05, 4.69) is 0 Å². The maximum atomic E-state index is 9.47. The summed E-state index contributed by atoms with van der Waals surface area (Å²) in [5.74, 6) is 0. The molecule has 5 atom stereocenters. The highest BCUT2D eigenvalue weighted by molar-refractivity contribution is 14.1. The lowest BCUT2D eigenvalue weighted by atomic mass is 9.99. The van der Waals surface area contributed by atoms with Crippen LogP contribution in [0.1, 0.15) is 6.92 Å². The van der Waals surface area contributed by atoms with Crippen molar-refractivity contribution in [1.29, 1.82) is 0 Å². The molecule has 72 valence electrons. The molecule has 1 aliphatic heterocycles. The molecule has 5 unspecified atom stereocenters. The van der Waals surface area contributed by atoms with E-state index in [0.717, 1.165) is 0 Å². The molecule has 3 N–H and O–H groups in total. The van der Waals surface area contributed by atoms with Gasteiger partial charge in [-0.1, -0.05) is 22.6 Å². The minimum atomic E-state index is -0.852. The zero-order valence-electron chi connectivity index (χ0n) is 6.72. The molecule has 0 amide bonds. The molecule has 0 saturated carbocycles. The number of aliphatic hydroxyl groups is 3. The molecule has 0 radical (unpaired) electrons. The summed E-state index contributed by atoms with van der Waals surface area (Å²) in [5, 5.41) is 27.7. The Bertz CT molecular complexity index is 150. The van der Waals surface area contributed by atoms with E-state index in [4.69, 9.17) is 9.84 Å². The van der Waals surface area contributed by atoms with Crippen molar-refractivity contribution >= 4 is 22.6 Å². The number of alkyl halides is 1. The summed E-state index contributed by atoms with van der Waals surface area (Å²) in [4.78, 5) is 0. The van der Waals surface area contributed by atoms with Crippen LogP contribution >= 0.6 is 22.6 Å². The van der Waals surface area contributed by atoms with Gasteiger partial charge in [0.05, 0.1) is 28.8 Å². The van der Waals surface area contributed by atoms with Crippen LogP contribution < -0.4 is 0 Å². The van der Waals surface area contributed by atoms with Crippen LogP contribution in [-0.4, -0.2) is 50.3 Å². The summed E-state index contributed by atoms with van der Waals surface area (Å²) in [6.45, 7) is 1.56. The Morgan fingerprint density at radius 1 is 1.33 bits per heavy atom.